The molecule has 0 aliphatic rings. The molecule has 0 atom stereocenters. The molecule has 1 N–H and O–H groups in total. The van der Waals surface area contributed by atoms with E-state index in [1.54, 1.807) is 0 Å². The van der Waals surface area contributed by atoms with Crippen LogP contribution in [0.15, 0.2) is 12.3 Å². The molecule has 0 unspecified atom stereocenters. The molecule has 1 aromatic rings. The van der Waals surface area contributed by atoms with Gasteiger partial charge in [-0.05, 0) is 0 Å². The van der Waals surface area contributed by atoms with Gasteiger partial charge in [-0.25, -0.2) is 4.98 Å². The maximum Gasteiger partial charge on any atom is 0.573 e. The molecule has 74 valence electrons. The largest absolute Gasteiger partial charge is 0.573 e. The summed E-state index contributed by atoms with van der Waals surface area (Å²) in [5.41, 5.74) is -0.362. The standard InChI is InChI=1S/C7H3F3N2O2/c8-7(9,10)14-4-1-6(13)5(2-11)12-3-4/h1,3,13H. The van der Waals surface area contributed by atoms with Gasteiger partial charge in [-0.3, -0.25) is 0 Å². The van der Waals surface area contributed by atoms with Gasteiger partial charge >= 0.3 is 6.36 Å². The number of rotatable bonds is 1. The number of ether oxygens (including phenoxy) is 1. The summed E-state index contributed by atoms with van der Waals surface area (Å²) in [6, 6.07) is 2.15. The van der Waals surface area contributed by atoms with Crippen LogP contribution in [0.2, 0.25) is 0 Å². The predicted octanol–water partition coefficient (Wildman–Crippen LogP) is 1.56. The lowest BCUT2D eigenvalue weighted by Crippen LogP contribution is -2.17. The van der Waals surface area contributed by atoms with E-state index in [1.807, 2.05) is 0 Å². The van der Waals surface area contributed by atoms with Crippen molar-refractivity contribution in [3.05, 3.63) is 18.0 Å². The molecular formula is C7H3F3N2O2. The first-order valence-electron chi connectivity index (χ1n) is 3.27. The van der Waals surface area contributed by atoms with E-state index in [0.29, 0.717) is 12.3 Å². The molecule has 1 rings (SSSR count). The normalized spacial score (nSPS) is 10.7. The van der Waals surface area contributed by atoms with Crippen molar-refractivity contribution in [3.63, 3.8) is 0 Å². The highest BCUT2D eigenvalue weighted by Gasteiger charge is 2.31. The maximum absolute atomic E-state index is 11.7. The number of pyridine rings is 1. The molecule has 0 amide bonds. The van der Waals surface area contributed by atoms with Gasteiger partial charge in [-0.1, -0.05) is 0 Å². The van der Waals surface area contributed by atoms with Crippen LogP contribution >= 0.6 is 0 Å². The van der Waals surface area contributed by atoms with Crippen LogP contribution in [-0.2, 0) is 0 Å². The van der Waals surface area contributed by atoms with E-state index in [4.69, 9.17) is 10.4 Å². The Morgan fingerprint density at radius 1 is 1.50 bits per heavy atom. The van der Waals surface area contributed by atoms with Crippen LogP contribution < -0.4 is 4.74 Å². The topological polar surface area (TPSA) is 66.1 Å². The van der Waals surface area contributed by atoms with Crippen LogP contribution in [-0.4, -0.2) is 16.5 Å². The van der Waals surface area contributed by atoms with E-state index < -0.39 is 17.9 Å². The van der Waals surface area contributed by atoms with Gasteiger partial charge < -0.3 is 9.84 Å². The molecule has 1 aromatic heterocycles. The molecule has 0 saturated heterocycles. The van der Waals surface area contributed by atoms with E-state index in [-0.39, 0.29) is 5.69 Å². The van der Waals surface area contributed by atoms with Crippen LogP contribution in [0.25, 0.3) is 0 Å². The predicted molar refractivity (Wildman–Crippen MR) is 37.3 cm³/mol. The molecule has 0 saturated carbocycles. The fourth-order valence-corrected chi connectivity index (χ4v) is 0.710. The highest BCUT2D eigenvalue weighted by atomic mass is 19.4. The van der Waals surface area contributed by atoms with Gasteiger partial charge in [-0.2, -0.15) is 5.26 Å². The zero-order valence-corrected chi connectivity index (χ0v) is 6.54. The summed E-state index contributed by atoms with van der Waals surface area (Å²) in [5, 5.41) is 17.3. The Balaban J connectivity index is 2.94. The first-order chi connectivity index (χ1) is 6.42. The van der Waals surface area contributed by atoms with Gasteiger partial charge in [0.05, 0.1) is 6.20 Å². The molecule has 0 aliphatic heterocycles. The summed E-state index contributed by atoms with van der Waals surface area (Å²) in [6.07, 6.45) is -4.14. The first-order valence-corrected chi connectivity index (χ1v) is 3.27. The number of hydrogen-bond acceptors (Lipinski definition) is 4. The highest BCUT2D eigenvalue weighted by molar-refractivity contribution is 5.40. The first kappa shape index (κ1) is 10.1. The molecular weight excluding hydrogens is 201 g/mol. The molecule has 0 fully saturated rings. The lowest BCUT2D eigenvalue weighted by molar-refractivity contribution is -0.274. The minimum Gasteiger partial charge on any atom is -0.505 e. The summed E-state index contributed by atoms with van der Waals surface area (Å²) in [5.74, 6) is -1.33. The van der Waals surface area contributed by atoms with Crippen LogP contribution in [0.1, 0.15) is 5.69 Å². The van der Waals surface area contributed by atoms with Crippen molar-refractivity contribution >= 4 is 0 Å². The average molecular weight is 204 g/mol. The van der Waals surface area contributed by atoms with Crippen molar-refractivity contribution in [2.45, 2.75) is 6.36 Å². The summed E-state index contributed by atoms with van der Waals surface area (Å²) in [7, 11) is 0. The minimum absolute atomic E-state index is 0.362. The zero-order valence-electron chi connectivity index (χ0n) is 6.54. The van der Waals surface area contributed by atoms with Crippen LogP contribution in [0.3, 0.4) is 0 Å². The second-order valence-corrected chi connectivity index (χ2v) is 2.20. The Bertz CT molecular complexity index is 384. The van der Waals surface area contributed by atoms with Gasteiger partial charge in [0.15, 0.2) is 17.2 Å². The number of halogens is 3. The summed E-state index contributed by atoms with van der Waals surface area (Å²) in [6.45, 7) is 0. The molecule has 0 spiro atoms. The van der Waals surface area contributed by atoms with E-state index >= 15 is 0 Å². The van der Waals surface area contributed by atoms with Gasteiger partial charge in [0, 0.05) is 6.07 Å². The Morgan fingerprint density at radius 3 is 2.57 bits per heavy atom. The highest BCUT2D eigenvalue weighted by Crippen LogP contribution is 2.25. The smallest absolute Gasteiger partial charge is 0.505 e. The molecule has 7 heteroatoms. The fourth-order valence-electron chi connectivity index (χ4n) is 0.710. The van der Waals surface area contributed by atoms with E-state index in [9.17, 15) is 13.2 Å². The molecule has 0 aromatic carbocycles. The van der Waals surface area contributed by atoms with E-state index in [0.717, 1.165) is 0 Å². The molecule has 14 heavy (non-hydrogen) atoms. The SMILES string of the molecule is N#Cc1ncc(OC(F)(F)F)cc1O. The second kappa shape index (κ2) is 3.41. The van der Waals surface area contributed by atoms with Crippen molar-refractivity contribution in [2.75, 3.05) is 0 Å². The number of hydrogen-bond donors (Lipinski definition) is 1. The molecule has 4 nitrogen and oxygen atoms in total. The Kier molecular flexibility index (Phi) is 2.47. The summed E-state index contributed by atoms with van der Waals surface area (Å²) < 4.78 is 38.4. The third-order valence-corrected chi connectivity index (χ3v) is 1.18. The summed E-state index contributed by atoms with van der Waals surface area (Å²) >= 11 is 0. The minimum atomic E-state index is -4.84. The fraction of sp³-hybridized carbons (Fsp3) is 0.143. The van der Waals surface area contributed by atoms with Crippen LogP contribution in [0.5, 0.6) is 11.5 Å². The van der Waals surface area contributed by atoms with Crippen molar-refractivity contribution in [3.8, 4) is 17.6 Å². The lowest BCUT2D eigenvalue weighted by Gasteiger charge is -2.08. The molecule has 0 aliphatic carbocycles. The van der Waals surface area contributed by atoms with Crippen LogP contribution in [0, 0.1) is 11.3 Å². The van der Waals surface area contributed by atoms with Gasteiger partial charge in [-0.15, -0.1) is 13.2 Å². The molecule has 0 bridgehead atoms. The number of alkyl halides is 3. The Morgan fingerprint density at radius 2 is 2.14 bits per heavy atom. The summed E-state index contributed by atoms with van der Waals surface area (Å²) in [4.78, 5) is 3.24. The zero-order chi connectivity index (χ0) is 10.8. The number of aromatic nitrogens is 1. The number of aromatic hydroxyl groups is 1. The Labute approximate surface area is 76.2 Å². The van der Waals surface area contributed by atoms with E-state index in [1.165, 1.54) is 6.07 Å². The Hall–Kier alpha value is -1.97. The van der Waals surface area contributed by atoms with Gasteiger partial charge in [0.2, 0.25) is 0 Å². The third-order valence-electron chi connectivity index (χ3n) is 1.18. The van der Waals surface area contributed by atoms with Crippen LogP contribution in [0.4, 0.5) is 13.2 Å². The second-order valence-electron chi connectivity index (χ2n) is 2.20. The van der Waals surface area contributed by atoms with Crippen molar-refractivity contribution < 1.29 is 23.0 Å². The van der Waals surface area contributed by atoms with Crippen molar-refractivity contribution in [2.24, 2.45) is 0 Å². The maximum atomic E-state index is 11.7. The monoisotopic (exact) mass is 204 g/mol. The number of nitrogens with zero attached hydrogens (tertiary/aromatic N) is 2. The molecule has 0 radical (unpaired) electrons. The third kappa shape index (κ3) is 2.52. The lowest BCUT2D eigenvalue weighted by atomic mass is 10.3. The van der Waals surface area contributed by atoms with Gasteiger partial charge in [0.1, 0.15) is 6.07 Å². The van der Waals surface area contributed by atoms with Gasteiger partial charge in [0.25, 0.3) is 0 Å². The molecule has 1 heterocycles. The quantitative estimate of drug-likeness (QED) is 0.753. The van der Waals surface area contributed by atoms with E-state index in [2.05, 4.69) is 9.72 Å². The van der Waals surface area contributed by atoms with Crippen molar-refractivity contribution in [1.29, 1.82) is 5.26 Å². The number of nitriles is 1. The van der Waals surface area contributed by atoms with Crippen molar-refractivity contribution in [1.82, 2.24) is 4.98 Å². The average Bonchev–Trinajstić information content (AvgIpc) is 2.01.